The van der Waals surface area contributed by atoms with Gasteiger partial charge in [-0.2, -0.15) is 5.10 Å². The minimum absolute atomic E-state index is 0.00232. The molecule has 8 heteroatoms. The number of nitrogens with one attached hydrogen (secondary N) is 1. The number of nitrogens with zero attached hydrogens (tertiary/aromatic N) is 3. The quantitative estimate of drug-likeness (QED) is 0.616. The van der Waals surface area contributed by atoms with Crippen LogP contribution >= 0.6 is 11.6 Å². The van der Waals surface area contributed by atoms with Gasteiger partial charge in [-0.3, -0.25) is 9.59 Å². The molecule has 0 saturated heterocycles. The first-order valence-electron chi connectivity index (χ1n) is 9.28. The third kappa shape index (κ3) is 4.56. The molecule has 1 unspecified atom stereocenters. The Hall–Kier alpha value is -2.93. The minimum Gasteiger partial charge on any atom is -0.469 e. The molecule has 0 aliphatic heterocycles. The van der Waals surface area contributed by atoms with Gasteiger partial charge in [0.25, 0.3) is 5.91 Å². The largest absolute Gasteiger partial charge is 0.469 e. The fourth-order valence-corrected chi connectivity index (χ4v) is 3.27. The summed E-state index contributed by atoms with van der Waals surface area (Å²) in [5, 5.41) is 8.55. The Morgan fingerprint density at radius 2 is 1.93 bits per heavy atom. The van der Waals surface area contributed by atoms with Gasteiger partial charge in [-0.05, 0) is 44.5 Å². The number of amides is 1. The van der Waals surface area contributed by atoms with Crippen LogP contribution in [0.5, 0.6) is 0 Å². The highest BCUT2D eigenvalue weighted by Gasteiger charge is 2.22. The number of carbonyl (C=O) groups excluding carboxylic acids is 2. The van der Waals surface area contributed by atoms with E-state index in [0.29, 0.717) is 27.3 Å². The molecule has 1 atom stereocenters. The summed E-state index contributed by atoms with van der Waals surface area (Å²) in [5.41, 5.74) is 2.58. The molecule has 0 bridgehead atoms. The Morgan fingerprint density at radius 3 is 2.55 bits per heavy atom. The van der Waals surface area contributed by atoms with Crippen LogP contribution in [0.3, 0.4) is 0 Å². The molecule has 7 nitrogen and oxygen atoms in total. The van der Waals surface area contributed by atoms with Gasteiger partial charge in [0.15, 0.2) is 5.65 Å². The van der Waals surface area contributed by atoms with Crippen molar-refractivity contribution in [2.24, 2.45) is 0 Å². The Balaban J connectivity index is 1.97. The lowest BCUT2D eigenvalue weighted by atomic mass is 10.0. The van der Waals surface area contributed by atoms with Gasteiger partial charge in [-0.25, -0.2) is 9.67 Å². The Kier molecular flexibility index (Phi) is 6.17. The number of ether oxygens (including phenoxy) is 1. The number of methoxy groups -OCH3 is 1. The van der Waals surface area contributed by atoms with Crippen molar-refractivity contribution in [1.29, 1.82) is 0 Å². The number of halogens is 1. The number of pyridine rings is 1. The first-order valence-corrected chi connectivity index (χ1v) is 9.66. The molecule has 3 rings (SSSR count). The lowest BCUT2D eigenvalue weighted by Crippen LogP contribution is -2.30. The van der Waals surface area contributed by atoms with Crippen LogP contribution in [0, 0.1) is 6.92 Å². The maximum atomic E-state index is 13.2. The van der Waals surface area contributed by atoms with Crippen molar-refractivity contribution in [3.05, 3.63) is 58.4 Å². The number of esters is 1. The summed E-state index contributed by atoms with van der Waals surface area (Å²) in [7, 11) is 1.32. The summed E-state index contributed by atoms with van der Waals surface area (Å²) in [6, 6.07) is 8.26. The van der Waals surface area contributed by atoms with Crippen LogP contribution in [0.2, 0.25) is 5.02 Å². The van der Waals surface area contributed by atoms with Crippen molar-refractivity contribution in [3.8, 4) is 0 Å². The van der Waals surface area contributed by atoms with Crippen molar-refractivity contribution in [2.75, 3.05) is 7.11 Å². The van der Waals surface area contributed by atoms with Crippen LogP contribution in [-0.4, -0.2) is 33.8 Å². The van der Waals surface area contributed by atoms with E-state index in [0.717, 1.165) is 5.56 Å². The molecule has 1 aromatic carbocycles. The number of benzene rings is 1. The number of fused-ring (bicyclic) bond motifs is 1. The molecule has 0 spiro atoms. The summed E-state index contributed by atoms with van der Waals surface area (Å²) in [5.74, 6) is -0.735. The fourth-order valence-electron chi connectivity index (χ4n) is 3.14. The number of aromatic nitrogens is 3. The first kappa shape index (κ1) is 20.8. The lowest BCUT2D eigenvalue weighted by molar-refractivity contribution is -0.141. The van der Waals surface area contributed by atoms with Crippen molar-refractivity contribution in [1.82, 2.24) is 20.1 Å². The summed E-state index contributed by atoms with van der Waals surface area (Å²) in [6.07, 6.45) is 1.65. The molecule has 0 radical (unpaired) electrons. The second-order valence-electron chi connectivity index (χ2n) is 7.09. The van der Waals surface area contributed by atoms with E-state index >= 15 is 0 Å². The van der Waals surface area contributed by atoms with Crippen molar-refractivity contribution in [3.63, 3.8) is 0 Å². The third-order valence-corrected chi connectivity index (χ3v) is 4.86. The normalized spacial score (nSPS) is 12.2. The highest BCUT2D eigenvalue weighted by Crippen LogP contribution is 2.24. The van der Waals surface area contributed by atoms with E-state index in [1.54, 1.807) is 41.2 Å². The maximum Gasteiger partial charge on any atom is 0.307 e. The molecule has 0 fully saturated rings. The standard InChI is InChI=1S/C21H23ClN4O3/c1-12(2)26-20-17(11-23-26)16(9-13(3)24-20)21(28)25-18(10-19(27)29-4)14-5-7-15(22)8-6-14/h5-9,11-12,18H,10H2,1-4H3,(H,25,28). The SMILES string of the molecule is COC(=O)CC(NC(=O)c1cc(C)nc2c1cnn2C(C)C)c1ccc(Cl)cc1. The molecule has 152 valence electrons. The summed E-state index contributed by atoms with van der Waals surface area (Å²) in [4.78, 5) is 29.6. The maximum absolute atomic E-state index is 13.2. The van der Waals surface area contributed by atoms with Gasteiger partial charge in [0.05, 0.1) is 36.7 Å². The average molecular weight is 415 g/mol. The monoisotopic (exact) mass is 414 g/mol. The molecule has 0 saturated carbocycles. The van der Waals surface area contributed by atoms with Gasteiger partial charge >= 0.3 is 5.97 Å². The van der Waals surface area contributed by atoms with E-state index in [9.17, 15) is 9.59 Å². The van der Waals surface area contributed by atoms with Crippen molar-refractivity contribution in [2.45, 2.75) is 39.3 Å². The van der Waals surface area contributed by atoms with Crippen LogP contribution in [0.25, 0.3) is 11.0 Å². The van der Waals surface area contributed by atoms with Crippen molar-refractivity contribution < 1.29 is 14.3 Å². The highest BCUT2D eigenvalue weighted by molar-refractivity contribution is 6.30. The van der Waals surface area contributed by atoms with E-state index < -0.39 is 12.0 Å². The van der Waals surface area contributed by atoms with Crippen LogP contribution in [0.15, 0.2) is 36.5 Å². The second-order valence-corrected chi connectivity index (χ2v) is 7.53. The Labute approximate surface area is 174 Å². The van der Waals surface area contributed by atoms with Gasteiger partial charge in [0, 0.05) is 16.8 Å². The zero-order valence-corrected chi connectivity index (χ0v) is 17.5. The second kappa shape index (κ2) is 8.61. The van der Waals surface area contributed by atoms with Gasteiger partial charge in [-0.1, -0.05) is 23.7 Å². The number of hydrogen-bond donors (Lipinski definition) is 1. The summed E-state index contributed by atoms with van der Waals surface area (Å²) >= 11 is 5.97. The fraction of sp³-hybridized carbons (Fsp3) is 0.333. The number of rotatable bonds is 6. The summed E-state index contributed by atoms with van der Waals surface area (Å²) < 4.78 is 6.57. The molecule has 0 aliphatic rings. The van der Waals surface area contributed by atoms with Gasteiger partial charge < -0.3 is 10.1 Å². The Morgan fingerprint density at radius 1 is 1.24 bits per heavy atom. The molecule has 1 N–H and O–H groups in total. The molecular weight excluding hydrogens is 392 g/mol. The minimum atomic E-state index is -0.559. The molecular formula is C21H23ClN4O3. The van der Waals surface area contributed by atoms with Crippen LogP contribution in [0.4, 0.5) is 0 Å². The van der Waals surface area contributed by atoms with E-state index in [4.69, 9.17) is 16.3 Å². The molecule has 3 aromatic rings. The molecule has 1 amide bonds. The van der Waals surface area contributed by atoms with Crippen molar-refractivity contribution >= 4 is 34.5 Å². The van der Waals surface area contributed by atoms with Gasteiger partial charge in [0.2, 0.25) is 0 Å². The van der Waals surface area contributed by atoms with E-state index in [1.165, 1.54) is 7.11 Å². The van der Waals surface area contributed by atoms with Crippen LogP contribution in [0.1, 0.15) is 54.0 Å². The number of aryl methyl sites for hydroxylation is 1. The van der Waals surface area contributed by atoms with Crippen LogP contribution in [-0.2, 0) is 9.53 Å². The van der Waals surface area contributed by atoms with Gasteiger partial charge in [0.1, 0.15) is 0 Å². The highest BCUT2D eigenvalue weighted by atomic mass is 35.5. The molecule has 0 aliphatic carbocycles. The van der Waals surface area contributed by atoms with E-state index in [1.807, 2.05) is 20.8 Å². The number of carbonyl (C=O) groups is 2. The number of hydrogen-bond acceptors (Lipinski definition) is 5. The van der Waals surface area contributed by atoms with Crippen LogP contribution < -0.4 is 5.32 Å². The van der Waals surface area contributed by atoms with E-state index in [2.05, 4.69) is 15.4 Å². The third-order valence-electron chi connectivity index (χ3n) is 4.60. The molecule has 2 heterocycles. The van der Waals surface area contributed by atoms with Gasteiger partial charge in [-0.15, -0.1) is 0 Å². The smallest absolute Gasteiger partial charge is 0.307 e. The molecule has 2 aromatic heterocycles. The first-order chi connectivity index (χ1) is 13.8. The predicted molar refractivity (Wildman–Crippen MR) is 111 cm³/mol. The average Bonchev–Trinajstić information content (AvgIpc) is 3.11. The van der Waals surface area contributed by atoms with E-state index in [-0.39, 0.29) is 18.4 Å². The predicted octanol–water partition coefficient (Wildman–Crippen LogP) is 4.01. The zero-order valence-electron chi connectivity index (χ0n) is 16.8. The lowest BCUT2D eigenvalue weighted by Gasteiger charge is -2.19. The zero-order chi connectivity index (χ0) is 21.1. The molecule has 29 heavy (non-hydrogen) atoms. The Bertz CT molecular complexity index is 1040. The summed E-state index contributed by atoms with van der Waals surface area (Å²) in [6.45, 7) is 5.84. The topological polar surface area (TPSA) is 86.1 Å².